The maximum atomic E-state index is 13.2. The molecule has 2 heterocycles. The van der Waals surface area contributed by atoms with Crippen molar-refractivity contribution in [3.63, 3.8) is 0 Å². The van der Waals surface area contributed by atoms with Gasteiger partial charge in [-0.25, -0.2) is 17.5 Å². The molecule has 0 saturated heterocycles. The van der Waals surface area contributed by atoms with Crippen molar-refractivity contribution in [3.05, 3.63) is 66.5 Å². The van der Waals surface area contributed by atoms with E-state index in [2.05, 4.69) is 14.8 Å². The highest BCUT2D eigenvalue weighted by Gasteiger charge is 2.14. The fourth-order valence-electron chi connectivity index (χ4n) is 2.21. The Balaban J connectivity index is 1.77. The maximum absolute atomic E-state index is 13.2. The number of hydrogen-bond donors (Lipinski definition) is 1. The Hall–Kier alpha value is -2.58. The molecule has 1 N–H and O–H groups in total. The predicted octanol–water partition coefficient (Wildman–Crippen LogP) is 2.10. The molecule has 0 spiro atoms. The number of hydrogen-bond acceptors (Lipinski definition) is 4. The van der Waals surface area contributed by atoms with Crippen LogP contribution in [0.1, 0.15) is 5.56 Å². The van der Waals surface area contributed by atoms with Crippen molar-refractivity contribution in [2.75, 3.05) is 0 Å². The molecule has 6 nitrogen and oxygen atoms in total. The number of benzene rings is 1. The molecule has 8 heteroatoms. The minimum Gasteiger partial charge on any atom is -0.275 e. The van der Waals surface area contributed by atoms with Crippen molar-refractivity contribution in [1.82, 2.24) is 19.5 Å². The highest BCUT2D eigenvalue weighted by Crippen LogP contribution is 2.18. The lowest BCUT2D eigenvalue weighted by molar-refractivity contribution is 0.577. The molecule has 1 aromatic carbocycles. The number of sulfonamides is 1. The zero-order valence-electron chi connectivity index (χ0n) is 12.8. The quantitative estimate of drug-likeness (QED) is 0.767. The third-order valence-electron chi connectivity index (χ3n) is 3.41. The first kappa shape index (κ1) is 16.3. The minimum absolute atomic E-state index is 0.0555. The molecule has 3 aromatic rings. The molecule has 0 aliphatic heterocycles. The van der Waals surface area contributed by atoms with Crippen LogP contribution >= 0.6 is 0 Å². The molecule has 2 aromatic heterocycles. The Morgan fingerprint density at radius 3 is 2.71 bits per heavy atom. The van der Waals surface area contributed by atoms with Crippen molar-refractivity contribution in [2.45, 2.75) is 11.4 Å². The van der Waals surface area contributed by atoms with E-state index < -0.39 is 15.8 Å². The maximum Gasteiger partial charge on any atom is 0.240 e. The van der Waals surface area contributed by atoms with Gasteiger partial charge in [0.15, 0.2) is 0 Å². The van der Waals surface area contributed by atoms with E-state index in [9.17, 15) is 12.8 Å². The fourth-order valence-corrected chi connectivity index (χ4v) is 3.26. The molecular weight excluding hydrogens is 331 g/mol. The van der Waals surface area contributed by atoms with Crippen molar-refractivity contribution >= 4 is 10.0 Å². The van der Waals surface area contributed by atoms with E-state index in [1.54, 1.807) is 23.3 Å². The Morgan fingerprint density at radius 2 is 2.00 bits per heavy atom. The van der Waals surface area contributed by atoms with E-state index >= 15 is 0 Å². The minimum atomic E-state index is -3.79. The summed E-state index contributed by atoms with van der Waals surface area (Å²) in [6.07, 6.45) is 6.81. The highest BCUT2D eigenvalue weighted by molar-refractivity contribution is 7.89. The summed E-state index contributed by atoms with van der Waals surface area (Å²) in [5.74, 6) is -0.599. The molecule has 0 radical (unpaired) electrons. The first-order valence-electron chi connectivity index (χ1n) is 7.12. The number of nitrogens with zero attached hydrogens (tertiary/aromatic N) is 3. The topological polar surface area (TPSA) is 76.9 Å². The van der Waals surface area contributed by atoms with E-state index in [-0.39, 0.29) is 11.4 Å². The first-order valence-corrected chi connectivity index (χ1v) is 8.60. The largest absolute Gasteiger partial charge is 0.275 e. The van der Waals surface area contributed by atoms with Crippen molar-refractivity contribution in [2.24, 2.45) is 7.05 Å². The lowest BCUT2D eigenvalue weighted by atomic mass is 10.1. The van der Waals surface area contributed by atoms with Crippen molar-refractivity contribution in [3.8, 4) is 11.1 Å². The summed E-state index contributed by atoms with van der Waals surface area (Å²) < 4.78 is 41.7. The molecule has 0 aliphatic rings. The van der Waals surface area contributed by atoms with E-state index in [4.69, 9.17) is 0 Å². The van der Waals surface area contributed by atoms with Crippen LogP contribution in [0, 0.1) is 5.82 Å². The van der Waals surface area contributed by atoms with E-state index in [1.165, 1.54) is 18.2 Å². The first-order chi connectivity index (χ1) is 11.4. The van der Waals surface area contributed by atoms with Crippen LogP contribution in [0.15, 0.2) is 60.0 Å². The molecule has 0 saturated carbocycles. The SMILES string of the molecule is Cn1cc(-c2cncc(CNS(=O)(=O)c3cccc(F)c3)c2)cn1. The predicted molar refractivity (Wildman–Crippen MR) is 86.9 cm³/mol. The number of aromatic nitrogens is 3. The second-order valence-corrected chi connectivity index (χ2v) is 7.03. The molecule has 0 aliphatic carbocycles. The van der Waals surface area contributed by atoms with Gasteiger partial charge >= 0.3 is 0 Å². The number of nitrogens with one attached hydrogen (secondary N) is 1. The van der Waals surface area contributed by atoms with Crippen LogP contribution < -0.4 is 4.72 Å². The number of aryl methyl sites for hydroxylation is 1. The van der Waals surface area contributed by atoms with Gasteiger partial charge in [-0.05, 0) is 29.8 Å². The molecule has 0 bridgehead atoms. The molecule has 0 amide bonds. The summed E-state index contributed by atoms with van der Waals surface area (Å²) in [4.78, 5) is 4.01. The average Bonchev–Trinajstić information content (AvgIpc) is 3.00. The summed E-state index contributed by atoms with van der Waals surface area (Å²) in [7, 11) is -1.98. The number of rotatable bonds is 5. The molecule has 0 fully saturated rings. The summed E-state index contributed by atoms with van der Waals surface area (Å²) >= 11 is 0. The van der Waals surface area contributed by atoms with E-state index in [0.29, 0.717) is 5.56 Å². The normalized spacial score (nSPS) is 11.6. The lowest BCUT2D eigenvalue weighted by Crippen LogP contribution is -2.23. The van der Waals surface area contributed by atoms with Crippen LogP contribution in [0.25, 0.3) is 11.1 Å². The van der Waals surface area contributed by atoms with Crippen LogP contribution in [-0.2, 0) is 23.6 Å². The molecule has 3 rings (SSSR count). The van der Waals surface area contributed by atoms with Crippen LogP contribution in [0.4, 0.5) is 4.39 Å². The van der Waals surface area contributed by atoms with Gasteiger partial charge in [-0.2, -0.15) is 5.10 Å². The van der Waals surface area contributed by atoms with Crippen LogP contribution in [0.3, 0.4) is 0 Å². The molecule has 0 unspecified atom stereocenters. The van der Waals surface area contributed by atoms with Gasteiger partial charge in [0.2, 0.25) is 10.0 Å². The van der Waals surface area contributed by atoms with Gasteiger partial charge in [-0.15, -0.1) is 0 Å². The second-order valence-electron chi connectivity index (χ2n) is 5.27. The summed E-state index contributed by atoms with van der Waals surface area (Å²) in [6.45, 7) is 0.0555. The number of halogens is 1. The second kappa shape index (κ2) is 6.50. The molecule has 24 heavy (non-hydrogen) atoms. The third kappa shape index (κ3) is 3.66. The molecular formula is C16H15FN4O2S. The zero-order valence-corrected chi connectivity index (χ0v) is 13.7. The molecule has 124 valence electrons. The van der Waals surface area contributed by atoms with Gasteiger partial charge in [0.25, 0.3) is 0 Å². The van der Waals surface area contributed by atoms with Crippen LogP contribution in [-0.4, -0.2) is 23.2 Å². The van der Waals surface area contributed by atoms with E-state index in [1.807, 2.05) is 19.3 Å². The van der Waals surface area contributed by atoms with Crippen molar-refractivity contribution in [1.29, 1.82) is 0 Å². The summed E-state index contributed by atoms with van der Waals surface area (Å²) in [6, 6.07) is 6.70. The van der Waals surface area contributed by atoms with Gasteiger partial charge < -0.3 is 0 Å². The average molecular weight is 346 g/mol. The summed E-state index contributed by atoms with van der Waals surface area (Å²) in [5.41, 5.74) is 2.42. The van der Waals surface area contributed by atoms with Gasteiger partial charge in [-0.3, -0.25) is 9.67 Å². The summed E-state index contributed by atoms with van der Waals surface area (Å²) in [5, 5.41) is 4.10. The Bertz CT molecular complexity index is 969. The van der Waals surface area contributed by atoms with Gasteiger partial charge in [0.05, 0.1) is 11.1 Å². The Kier molecular flexibility index (Phi) is 4.41. The standard InChI is InChI=1S/C16H15FN4O2S/c1-21-11-14(10-19-21)13-5-12(7-18-9-13)8-20-24(22,23)16-4-2-3-15(17)6-16/h2-7,9-11,20H,8H2,1H3. The zero-order chi connectivity index (χ0) is 17.2. The van der Waals surface area contributed by atoms with E-state index in [0.717, 1.165) is 17.2 Å². The Morgan fingerprint density at radius 1 is 1.17 bits per heavy atom. The highest BCUT2D eigenvalue weighted by atomic mass is 32.2. The molecule has 0 atom stereocenters. The van der Waals surface area contributed by atoms with Crippen LogP contribution in [0.2, 0.25) is 0 Å². The number of pyridine rings is 1. The van der Waals surface area contributed by atoms with Crippen molar-refractivity contribution < 1.29 is 12.8 Å². The third-order valence-corrected chi connectivity index (χ3v) is 4.80. The van der Waals surface area contributed by atoms with Gasteiger partial charge in [-0.1, -0.05) is 6.07 Å². The Labute approximate surface area is 139 Å². The smallest absolute Gasteiger partial charge is 0.240 e. The van der Waals surface area contributed by atoms with Gasteiger partial charge in [0.1, 0.15) is 5.82 Å². The van der Waals surface area contributed by atoms with Gasteiger partial charge in [0, 0.05) is 43.3 Å². The fraction of sp³-hybridized carbons (Fsp3) is 0.125. The van der Waals surface area contributed by atoms with Crippen LogP contribution in [0.5, 0.6) is 0 Å². The lowest BCUT2D eigenvalue weighted by Gasteiger charge is -2.07. The monoisotopic (exact) mass is 346 g/mol.